The first kappa shape index (κ1) is 16.3. The first-order valence-corrected chi connectivity index (χ1v) is 7.58. The SMILES string of the molecule is CN=C(NCCOC)NCC(=O)N1CCCc2ccccc21. The molecule has 6 nitrogen and oxygen atoms in total. The Balaban J connectivity index is 1.90. The normalized spacial score (nSPS) is 14.5. The van der Waals surface area contributed by atoms with Crippen molar-refractivity contribution in [3.05, 3.63) is 29.8 Å². The molecule has 0 saturated carbocycles. The molecule has 0 fully saturated rings. The quantitative estimate of drug-likeness (QED) is 0.479. The fourth-order valence-corrected chi connectivity index (χ4v) is 2.54. The van der Waals surface area contributed by atoms with Gasteiger partial charge in [-0.2, -0.15) is 0 Å². The first-order valence-electron chi connectivity index (χ1n) is 7.58. The smallest absolute Gasteiger partial charge is 0.246 e. The van der Waals surface area contributed by atoms with Crippen molar-refractivity contribution in [2.75, 3.05) is 45.3 Å². The van der Waals surface area contributed by atoms with Crippen LogP contribution in [0.3, 0.4) is 0 Å². The summed E-state index contributed by atoms with van der Waals surface area (Å²) in [6.07, 6.45) is 2.04. The number of fused-ring (bicyclic) bond motifs is 1. The van der Waals surface area contributed by atoms with Crippen molar-refractivity contribution >= 4 is 17.6 Å². The van der Waals surface area contributed by atoms with E-state index < -0.39 is 0 Å². The molecule has 6 heteroatoms. The monoisotopic (exact) mass is 304 g/mol. The number of guanidine groups is 1. The molecule has 1 amide bonds. The number of carbonyl (C=O) groups excluding carboxylic acids is 1. The number of para-hydroxylation sites is 1. The van der Waals surface area contributed by atoms with Gasteiger partial charge in [-0.15, -0.1) is 0 Å². The van der Waals surface area contributed by atoms with Gasteiger partial charge in [-0.1, -0.05) is 18.2 Å². The summed E-state index contributed by atoms with van der Waals surface area (Å²) in [6.45, 7) is 2.24. The largest absolute Gasteiger partial charge is 0.383 e. The summed E-state index contributed by atoms with van der Waals surface area (Å²) in [6, 6.07) is 8.10. The summed E-state index contributed by atoms with van der Waals surface area (Å²) in [5, 5.41) is 6.14. The number of carbonyl (C=O) groups is 1. The maximum absolute atomic E-state index is 12.5. The van der Waals surface area contributed by atoms with E-state index in [2.05, 4.69) is 21.7 Å². The van der Waals surface area contributed by atoms with Gasteiger partial charge in [0.1, 0.15) is 0 Å². The highest BCUT2D eigenvalue weighted by Crippen LogP contribution is 2.26. The van der Waals surface area contributed by atoms with Gasteiger partial charge >= 0.3 is 0 Å². The van der Waals surface area contributed by atoms with Crippen LogP contribution in [0.25, 0.3) is 0 Å². The molecule has 2 N–H and O–H groups in total. The Labute approximate surface area is 131 Å². The van der Waals surface area contributed by atoms with E-state index in [9.17, 15) is 4.79 Å². The van der Waals surface area contributed by atoms with Crippen molar-refractivity contribution in [2.24, 2.45) is 4.99 Å². The zero-order valence-electron chi connectivity index (χ0n) is 13.3. The van der Waals surface area contributed by atoms with Crippen molar-refractivity contribution in [3.8, 4) is 0 Å². The molecular formula is C16H24N4O2. The van der Waals surface area contributed by atoms with E-state index in [1.165, 1.54) is 5.56 Å². The molecule has 1 aliphatic heterocycles. The highest BCUT2D eigenvalue weighted by Gasteiger charge is 2.21. The molecule has 1 aliphatic rings. The lowest BCUT2D eigenvalue weighted by Gasteiger charge is -2.29. The summed E-state index contributed by atoms with van der Waals surface area (Å²) in [4.78, 5) is 18.4. The van der Waals surface area contributed by atoms with Crippen LogP contribution in [0.1, 0.15) is 12.0 Å². The number of benzene rings is 1. The molecular weight excluding hydrogens is 280 g/mol. The molecule has 120 valence electrons. The van der Waals surface area contributed by atoms with Gasteiger partial charge in [0.15, 0.2) is 5.96 Å². The second kappa shape index (κ2) is 8.38. The van der Waals surface area contributed by atoms with E-state index in [1.54, 1.807) is 14.2 Å². The minimum Gasteiger partial charge on any atom is -0.383 e. The Morgan fingerprint density at radius 2 is 2.18 bits per heavy atom. The third kappa shape index (κ3) is 4.21. The average Bonchev–Trinajstić information content (AvgIpc) is 2.57. The van der Waals surface area contributed by atoms with E-state index in [1.807, 2.05) is 23.1 Å². The van der Waals surface area contributed by atoms with Gasteiger partial charge in [-0.3, -0.25) is 9.79 Å². The van der Waals surface area contributed by atoms with Crippen LogP contribution >= 0.6 is 0 Å². The lowest BCUT2D eigenvalue weighted by Crippen LogP contribution is -2.46. The summed E-state index contributed by atoms with van der Waals surface area (Å²) in [5.74, 6) is 0.664. The van der Waals surface area contributed by atoms with E-state index >= 15 is 0 Å². The minimum atomic E-state index is 0.0573. The van der Waals surface area contributed by atoms with Crippen LogP contribution in [0, 0.1) is 0 Å². The van der Waals surface area contributed by atoms with Crippen LogP contribution in [0.15, 0.2) is 29.3 Å². The van der Waals surface area contributed by atoms with E-state index in [0.29, 0.717) is 19.1 Å². The van der Waals surface area contributed by atoms with Gasteiger partial charge in [-0.05, 0) is 24.5 Å². The van der Waals surface area contributed by atoms with Crippen LogP contribution in [-0.4, -0.2) is 52.3 Å². The van der Waals surface area contributed by atoms with Crippen LogP contribution in [-0.2, 0) is 16.0 Å². The molecule has 1 aromatic rings. The third-order valence-corrected chi connectivity index (χ3v) is 3.64. The van der Waals surface area contributed by atoms with Gasteiger partial charge in [0, 0.05) is 32.9 Å². The van der Waals surface area contributed by atoms with Gasteiger partial charge in [0.2, 0.25) is 5.91 Å². The van der Waals surface area contributed by atoms with Crippen molar-refractivity contribution in [1.29, 1.82) is 0 Å². The zero-order chi connectivity index (χ0) is 15.8. The molecule has 0 aromatic heterocycles. The maximum Gasteiger partial charge on any atom is 0.246 e. The van der Waals surface area contributed by atoms with Gasteiger partial charge in [0.05, 0.1) is 13.2 Å². The number of hydrogen-bond donors (Lipinski definition) is 2. The van der Waals surface area contributed by atoms with E-state index in [-0.39, 0.29) is 12.5 Å². The standard InChI is InChI=1S/C16H24N4O2/c1-17-16(18-9-11-22-2)19-12-15(21)20-10-5-7-13-6-3-4-8-14(13)20/h3-4,6,8H,5,7,9-12H2,1-2H3,(H2,17,18,19). The number of nitrogens with one attached hydrogen (secondary N) is 2. The van der Waals surface area contributed by atoms with Crippen LogP contribution in [0.2, 0.25) is 0 Å². The molecule has 0 unspecified atom stereocenters. The molecule has 0 atom stereocenters. The molecule has 1 aromatic carbocycles. The second-order valence-corrected chi connectivity index (χ2v) is 5.12. The predicted octanol–water partition coefficient (Wildman–Crippen LogP) is 0.777. The fourth-order valence-electron chi connectivity index (χ4n) is 2.54. The lowest BCUT2D eigenvalue weighted by atomic mass is 10.0. The Kier molecular flexibility index (Phi) is 6.21. The van der Waals surface area contributed by atoms with Crippen molar-refractivity contribution < 1.29 is 9.53 Å². The topological polar surface area (TPSA) is 66.0 Å². The van der Waals surface area contributed by atoms with Gasteiger partial charge in [-0.25, -0.2) is 0 Å². The highest BCUT2D eigenvalue weighted by molar-refractivity contribution is 5.98. The maximum atomic E-state index is 12.5. The molecule has 0 bridgehead atoms. The van der Waals surface area contributed by atoms with Gasteiger partial charge in [0.25, 0.3) is 0 Å². The number of aliphatic imine (C=N–C) groups is 1. The summed E-state index contributed by atoms with van der Waals surface area (Å²) in [5.41, 5.74) is 2.27. The molecule has 0 spiro atoms. The Bertz CT molecular complexity index is 531. The van der Waals surface area contributed by atoms with E-state index in [4.69, 9.17) is 4.74 Å². The van der Waals surface area contributed by atoms with Crippen molar-refractivity contribution in [1.82, 2.24) is 10.6 Å². The molecule has 1 heterocycles. The molecule has 0 radical (unpaired) electrons. The van der Waals surface area contributed by atoms with Crippen LogP contribution < -0.4 is 15.5 Å². The Hall–Kier alpha value is -2.08. The number of methoxy groups -OCH3 is 1. The predicted molar refractivity (Wildman–Crippen MR) is 88.4 cm³/mol. The molecule has 0 saturated heterocycles. The Morgan fingerprint density at radius 3 is 2.95 bits per heavy atom. The van der Waals surface area contributed by atoms with Crippen molar-refractivity contribution in [3.63, 3.8) is 0 Å². The molecule has 2 rings (SSSR count). The number of aryl methyl sites for hydroxylation is 1. The second-order valence-electron chi connectivity index (χ2n) is 5.12. The van der Waals surface area contributed by atoms with Crippen molar-refractivity contribution in [2.45, 2.75) is 12.8 Å². The molecule has 22 heavy (non-hydrogen) atoms. The number of anilines is 1. The van der Waals surface area contributed by atoms with Gasteiger partial charge < -0.3 is 20.3 Å². The summed E-state index contributed by atoms with van der Waals surface area (Å²) in [7, 11) is 3.33. The molecule has 0 aliphatic carbocycles. The fraction of sp³-hybridized carbons (Fsp3) is 0.500. The lowest BCUT2D eigenvalue weighted by molar-refractivity contribution is -0.117. The summed E-state index contributed by atoms with van der Waals surface area (Å²) >= 11 is 0. The first-order chi connectivity index (χ1) is 10.8. The number of hydrogen-bond acceptors (Lipinski definition) is 3. The number of ether oxygens (including phenoxy) is 1. The average molecular weight is 304 g/mol. The summed E-state index contributed by atoms with van der Waals surface area (Å²) < 4.78 is 4.98. The third-order valence-electron chi connectivity index (χ3n) is 3.64. The number of amides is 1. The van der Waals surface area contributed by atoms with E-state index in [0.717, 1.165) is 25.1 Å². The van der Waals surface area contributed by atoms with Crippen LogP contribution in [0.4, 0.5) is 5.69 Å². The zero-order valence-corrected chi connectivity index (χ0v) is 13.3. The number of nitrogens with zero attached hydrogens (tertiary/aromatic N) is 2. The Morgan fingerprint density at radius 1 is 1.36 bits per heavy atom. The number of rotatable bonds is 5. The van der Waals surface area contributed by atoms with Crippen LogP contribution in [0.5, 0.6) is 0 Å². The minimum absolute atomic E-state index is 0.0573. The highest BCUT2D eigenvalue weighted by atomic mass is 16.5.